The molecule has 1 saturated carbocycles. The highest BCUT2D eigenvalue weighted by Gasteiger charge is 2.52. The molecule has 0 atom stereocenters. The van der Waals surface area contributed by atoms with E-state index in [-0.39, 0.29) is 5.91 Å². The number of anilines is 1. The van der Waals surface area contributed by atoms with Gasteiger partial charge in [-0.25, -0.2) is 0 Å². The molecule has 1 aliphatic rings. The Morgan fingerprint density at radius 2 is 2.05 bits per heavy atom. The second-order valence-electron chi connectivity index (χ2n) is 4.60. The van der Waals surface area contributed by atoms with E-state index in [1.54, 1.807) is 32.4 Å². The number of hydrogen-bond donors (Lipinski definition) is 0. The Hall–Kier alpha value is -2.22. The van der Waals surface area contributed by atoms with Gasteiger partial charge in [0.25, 0.3) is 0 Å². The molecule has 2 rings (SSSR count). The number of ether oxygens (including phenoxy) is 2. The van der Waals surface area contributed by atoms with Crippen molar-refractivity contribution in [2.75, 3.05) is 26.2 Å². The maximum atomic E-state index is 12.3. The molecule has 1 amide bonds. The third-order valence-electron chi connectivity index (χ3n) is 3.43. The van der Waals surface area contributed by atoms with Crippen molar-refractivity contribution in [3.63, 3.8) is 0 Å². The fourth-order valence-corrected chi connectivity index (χ4v) is 1.99. The molecule has 0 aliphatic heterocycles. The molecule has 100 valence electrons. The van der Waals surface area contributed by atoms with Gasteiger partial charge in [0.2, 0.25) is 5.91 Å². The van der Waals surface area contributed by atoms with Crippen LogP contribution in [0.3, 0.4) is 0 Å². The molecule has 0 radical (unpaired) electrons. The predicted molar refractivity (Wildman–Crippen MR) is 70.2 cm³/mol. The van der Waals surface area contributed by atoms with Gasteiger partial charge in [-0.15, -0.1) is 0 Å². The van der Waals surface area contributed by atoms with Crippen LogP contribution in [0.4, 0.5) is 5.69 Å². The normalized spacial score (nSPS) is 15.3. The van der Waals surface area contributed by atoms with Crippen LogP contribution in [0.1, 0.15) is 12.8 Å². The van der Waals surface area contributed by atoms with Gasteiger partial charge in [-0.05, 0) is 25.0 Å². The van der Waals surface area contributed by atoms with Crippen LogP contribution in [0.2, 0.25) is 0 Å². The van der Waals surface area contributed by atoms with Gasteiger partial charge in [0.05, 0.1) is 26.0 Å². The Morgan fingerprint density at radius 1 is 1.37 bits per heavy atom. The van der Waals surface area contributed by atoms with Crippen molar-refractivity contribution in [2.24, 2.45) is 5.41 Å². The van der Waals surface area contributed by atoms with Crippen molar-refractivity contribution >= 4 is 11.6 Å². The number of benzene rings is 1. The van der Waals surface area contributed by atoms with E-state index in [2.05, 4.69) is 6.07 Å². The minimum absolute atomic E-state index is 0.182. The van der Waals surface area contributed by atoms with Crippen LogP contribution in [0.15, 0.2) is 18.2 Å². The maximum absolute atomic E-state index is 12.3. The second-order valence-corrected chi connectivity index (χ2v) is 4.60. The van der Waals surface area contributed by atoms with Crippen molar-refractivity contribution in [1.82, 2.24) is 0 Å². The van der Waals surface area contributed by atoms with E-state index in [1.165, 1.54) is 12.0 Å². The van der Waals surface area contributed by atoms with Crippen molar-refractivity contribution in [1.29, 1.82) is 5.26 Å². The zero-order valence-electron chi connectivity index (χ0n) is 11.3. The molecule has 0 saturated heterocycles. The molecule has 1 aliphatic carbocycles. The van der Waals surface area contributed by atoms with E-state index in [4.69, 9.17) is 14.7 Å². The smallest absolute Gasteiger partial charge is 0.247 e. The summed E-state index contributed by atoms with van der Waals surface area (Å²) in [5, 5.41) is 9.08. The lowest BCUT2D eigenvalue weighted by molar-refractivity contribution is -0.121. The summed E-state index contributed by atoms with van der Waals surface area (Å²) in [6.07, 6.45) is 1.26. The van der Waals surface area contributed by atoms with Crippen LogP contribution in [-0.2, 0) is 4.79 Å². The molecule has 1 fully saturated rings. The molecular weight excluding hydrogens is 244 g/mol. The van der Waals surface area contributed by atoms with E-state index < -0.39 is 5.41 Å². The van der Waals surface area contributed by atoms with Gasteiger partial charge in [-0.2, -0.15) is 5.26 Å². The monoisotopic (exact) mass is 260 g/mol. The number of amides is 1. The Balaban J connectivity index is 2.31. The second kappa shape index (κ2) is 4.81. The van der Waals surface area contributed by atoms with E-state index in [1.807, 2.05) is 0 Å². The molecule has 5 nitrogen and oxygen atoms in total. The predicted octanol–water partition coefficient (Wildman–Crippen LogP) is 1.97. The topological polar surface area (TPSA) is 62.6 Å². The van der Waals surface area contributed by atoms with Gasteiger partial charge in [-0.1, -0.05) is 0 Å². The standard InChI is InChI=1S/C14H16N2O3/c1-16(13(17)14(9-15)6-7-14)11-5-4-10(18-2)8-12(11)19-3/h4-5,8H,6-7H2,1-3H3. The van der Waals surface area contributed by atoms with E-state index in [0.717, 1.165) is 0 Å². The van der Waals surface area contributed by atoms with Gasteiger partial charge >= 0.3 is 0 Å². The quantitative estimate of drug-likeness (QED) is 0.830. The highest BCUT2D eigenvalue weighted by atomic mass is 16.5. The van der Waals surface area contributed by atoms with E-state index in [0.29, 0.717) is 30.0 Å². The average Bonchev–Trinajstić information content (AvgIpc) is 3.26. The van der Waals surface area contributed by atoms with Crippen molar-refractivity contribution in [3.8, 4) is 17.6 Å². The summed E-state index contributed by atoms with van der Waals surface area (Å²) >= 11 is 0. The van der Waals surface area contributed by atoms with E-state index >= 15 is 0 Å². The number of hydrogen-bond acceptors (Lipinski definition) is 4. The average molecular weight is 260 g/mol. The molecule has 5 heteroatoms. The Kier molecular flexibility index (Phi) is 3.34. The Bertz CT molecular complexity index is 544. The van der Waals surface area contributed by atoms with Crippen LogP contribution < -0.4 is 14.4 Å². The highest BCUT2D eigenvalue weighted by molar-refractivity contribution is 6.01. The molecule has 0 unspecified atom stereocenters. The summed E-state index contributed by atoms with van der Waals surface area (Å²) in [6, 6.07) is 7.33. The van der Waals surface area contributed by atoms with Crippen LogP contribution in [-0.4, -0.2) is 27.2 Å². The third-order valence-corrected chi connectivity index (χ3v) is 3.43. The van der Waals surface area contributed by atoms with Crippen LogP contribution in [0.25, 0.3) is 0 Å². The van der Waals surface area contributed by atoms with Crippen molar-refractivity contribution in [3.05, 3.63) is 18.2 Å². The molecule has 19 heavy (non-hydrogen) atoms. The fourth-order valence-electron chi connectivity index (χ4n) is 1.99. The first-order valence-corrected chi connectivity index (χ1v) is 5.99. The summed E-state index contributed by atoms with van der Waals surface area (Å²) in [7, 11) is 4.76. The molecule has 0 heterocycles. The SMILES string of the molecule is COc1ccc(N(C)C(=O)C2(C#N)CC2)c(OC)c1. The Labute approximate surface area is 112 Å². The lowest BCUT2D eigenvalue weighted by Crippen LogP contribution is -2.33. The first-order valence-electron chi connectivity index (χ1n) is 5.99. The minimum Gasteiger partial charge on any atom is -0.497 e. The molecule has 0 bridgehead atoms. The van der Waals surface area contributed by atoms with Gasteiger partial charge in [0, 0.05) is 13.1 Å². The lowest BCUT2D eigenvalue weighted by atomic mass is 10.1. The zero-order valence-corrected chi connectivity index (χ0v) is 11.3. The minimum atomic E-state index is -0.834. The summed E-state index contributed by atoms with van der Waals surface area (Å²) in [5.41, 5.74) is -0.200. The first-order chi connectivity index (χ1) is 9.07. The molecule has 1 aromatic rings. The summed E-state index contributed by atoms with van der Waals surface area (Å²) in [6.45, 7) is 0. The number of methoxy groups -OCH3 is 2. The van der Waals surface area contributed by atoms with E-state index in [9.17, 15) is 4.79 Å². The highest BCUT2D eigenvalue weighted by Crippen LogP contribution is 2.47. The van der Waals surface area contributed by atoms with Gasteiger partial charge in [0.15, 0.2) is 0 Å². The maximum Gasteiger partial charge on any atom is 0.247 e. The van der Waals surface area contributed by atoms with Gasteiger partial charge < -0.3 is 14.4 Å². The van der Waals surface area contributed by atoms with Gasteiger partial charge in [-0.3, -0.25) is 4.79 Å². The summed E-state index contributed by atoms with van der Waals surface area (Å²) < 4.78 is 10.4. The number of rotatable bonds is 4. The molecule has 0 aromatic heterocycles. The number of nitrogens with zero attached hydrogens (tertiary/aromatic N) is 2. The first kappa shape index (κ1) is 13.2. The van der Waals surface area contributed by atoms with Crippen LogP contribution >= 0.6 is 0 Å². The molecule has 0 N–H and O–H groups in total. The zero-order chi connectivity index (χ0) is 14.0. The third kappa shape index (κ3) is 2.22. The lowest BCUT2D eigenvalue weighted by Gasteiger charge is -2.22. The molecule has 1 aromatic carbocycles. The molecule has 0 spiro atoms. The van der Waals surface area contributed by atoms with Crippen LogP contribution in [0.5, 0.6) is 11.5 Å². The number of carbonyl (C=O) groups excluding carboxylic acids is 1. The van der Waals surface area contributed by atoms with Crippen molar-refractivity contribution < 1.29 is 14.3 Å². The van der Waals surface area contributed by atoms with Gasteiger partial charge in [0.1, 0.15) is 16.9 Å². The molecular formula is C14H16N2O3. The largest absolute Gasteiger partial charge is 0.497 e. The summed E-state index contributed by atoms with van der Waals surface area (Å²) in [4.78, 5) is 13.8. The Morgan fingerprint density at radius 3 is 2.53 bits per heavy atom. The summed E-state index contributed by atoms with van der Waals surface area (Å²) in [5.74, 6) is 1.02. The number of carbonyl (C=O) groups is 1. The fraction of sp³-hybridized carbons (Fsp3) is 0.429. The van der Waals surface area contributed by atoms with Crippen LogP contribution in [0, 0.1) is 16.7 Å². The number of nitriles is 1. The van der Waals surface area contributed by atoms with Crippen molar-refractivity contribution in [2.45, 2.75) is 12.8 Å².